The molecule has 32 heavy (non-hydrogen) atoms. The number of rotatable bonds is 6. The molecule has 4 nitrogen and oxygen atoms in total. The van der Waals surface area contributed by atoms with Crippen LogP contribution in [0.1, 0.15) is 16.7 Å². The van der Waals surface area contributed by atoms with E-state index in [-0.39, 0.29) is 5.91 Å². The molecule has 1 aliphatic heterocycles. The predicted octanol–water partition coefficient (Wildman–Crippen LogP) is 6.68. The second kappa shape index (κ2) is 9.71. The highest BCUT2D eigenvalue weighted by Crippen LogP contribution is 2.38. The van der Waals surface area contributed by atoms with Crippen molar-refractivity contribution in [3.05, 3.63) is 107 Å². The molecule has 1 saturated heterocycles. The maximum absolute atomic E-state index is 13.5. The molecular weight excluding hydrogens is 416 g/mol. The standard InChI is InChI=1S/C27H24N2O2S/c1-4-17-31-22-15-13-21(14-16-22)18-25-26(30)29(24-12-8-6-10-20(24)3)27(32-25)28-23-11-7-5-9-19(23)2/h4-16,18H,1,17H2,2-3H3. The van der Waals surface area contributed by atoms with Crippen molar-refractivity contribution in [3.8, 4) is 5.75 Å². The molecule has 0 radical (unpaired) electrons. The summed E-state index contributed by atoms with van der Waals surface area (Å²) >= 11 is 1.39. The van der Waals surface area contributed by atoms with Gasteiger partial charge in [-0.05, 0) is 72.6 Å². The smallest absolute Gasteiger partial charge is 0.271 e. The second-order valence-corrected chi connectivity index (χ2v) is 8.40. The van der Waals surface area contributed by atoms with Crippen LogP contribution in [-0.2, 0) is 4.79 Å². The monoisotopic (exact) mass is 440 g/mol. The van der Waals surface area contributed by atoms with Gasteiger partial charge in [-0.2, -0.15) is 0 Å². The predicted molar refractivity (Wildman–Crippen MR) is 135 cm³/mol. The first-order chi connectivity index (χ1) is 15.6. The number of benzene rings is 3. The van der Waals surface area contributed by atoms with E-state index in [1.807, 2.05) is 92.7 Å². The summed E-state index contributed by atoms with van der Waals surface area (Å²) in [6.07, 6.45) is 3.61. The van der Waals surface area contributed by atoms with Gasteiger partial charge in [0.15, 0.2) is 5.17 Å². The highest BCUT2D eigenvalue weighted by molar-refractivity contribution is 8.19. The van der Waals surface area contributed by atoms with E-state index in [0.29, 0.717) is 16.7 Å². The Morgan fingerprint density at radius 1 is 0.969 bits per heavy atom. The number of carbonyl (C=O) groups is 1. The fourth-order valence-corrected chi connectivity index (χ4v) is 4.32. The highest BCUT2D eigenvalue weighted by atomic mass is 32.2. The van der Waals surface area contributed by atoms with E-state index in [1.165, 1.54) is 11.8 Å². The van der Waals surface area contributed by atoms with Crippen LogP contribution in [0.15, 0.2) is 95.3 Å². The zero-order valence-electron chi connectivity index (χ0n) is 18.1. The minimum absolute atomic E-state index is 0.0800. The Kier molecular flexibility index (Phi) is 6.57. The Bertz CT molecular complexity index is 1210. The fraction of sp³-hybridized carbons (Fsp3) is 0.111. The molecule has 1 aliphatic rings. The normalized spacial score (nSPS) is 16.1. The number of carbonyl (C=O) groups excluding carboxylic acids is 1. The van der Waals surface area contributed by atoms with Crippen LogP contribution in [0, 0.1) is 13.8 Å². The average Bonchev–Trinajstić information content (AvgIpc) is 3.09. The van der Waals surface area contributed by atoms with Crippen molar-refractivity contribution in [2.45, 2.75) is 13.8 Å². The lowest BCUT2D eigenvalue weighted by molar-refractivity contribution is -0.113. The Balaban J connectivity index is 1.72. The third-order valence-corrected chi connectivity index (χ3v) is 6.01. The zero-order valence-corrected chi connectivity index (χ0v) is 18.9. The van der Waals surface area contributed by atoms with Crippen molar-refractivity contribution in [1.29, 1.82) is 0 Å². The number of para-hydroxylation sites is 2. The lowest BCUT2D eigenvalue weighted by atomic mass is 10.1. The summed E-state index contributed by atoms with van der Waals surface area (Å²) in [6.45, 7) is 8.14. The number of amides is 1. The van der Waals surface area contributed by atoms with Gasteiger partial charge in [-0.3, -0.25) is 9.69 Å². The maximum Gasteiger partial charge on any atom is 0.271 e. The third-order valence-electron chi connectivity index (χ3n) is 5.04. The number of nitrogens with zero attached hydrogens (tertiary/aromatic N) is 2. The third kappa shape index (κ3) is 4.68. The molecule has 0 aromatic heterocycles. The molecule has 5 heteroatoms. The first-order valence-electron chi connectivity index (χ1n) is 10.3. The molecule has 3 aromatic carbocycles. The first-order valence-corrected chi connectivity index (χ1v) is 11.2. The van der Waals surface area contributed by atoms with Crippen molar-refractivity contribution in [2.24, 2.45) is 4.99 Å². The van der Waals surface area contributed by atoms with Crippen LogP contribution >= 0.6 is 11.8 Å². The minimum Gasteiger partial charge on any atom is -0.490 e. The Hall–Kier alpha value is -3.57. The van der Waals surface area contributed by atoms with E-state index >= 15 is 0 Å². The van der Waals surface area contributed by atoms with Crippen LogP contribution in [0.25, 0.3) is 6.08 Å². The van der Waals surface area contributed by atoms with Gasteiger partial charge < -0.3 is 4.74 Å². The topological polar surface area (TPSA) is 41.9 Å². The summed E-state index contributed by atoms with van der Waals surface area (Å²) < 4.78 is 5.55. The van der Waals surface area contributed by atoms with Crippen molar-refractivity contribution < 1.29 is 9.53 Å². The van der Waals surface area contributed by atoms with Gasteiger partial charge >= 0.3 is 0 Å². The number of hydrogen-bond donors (Lipinski definition) is 0. The zero-order chi connectivity index (χ0) is 22.5. The maximum atomic E-state index is 13.5. The first kappa shape index (κ1) is 21.7. The van der Waals surface area contributed by atoms with E-state index in [9.17, 15) is 4.79 Å². The van der Waals surface area contributed by atoms with Crippen molar-refractivity contribution in [1.82, 2.24) is 0 Å². The van der Waals surface area contributed by atoms with E-state index in [2.05, 4.69) is 6.58 Å². The summed E-state index contributed by atoms with van der Waals surface area (Å²) in [4.78, 5) is 20.7. The van der Waals surface area contributed by atoms with Gasteiger partial charge in [0.25, 0.3) is 5.91 Å². The van der Waals surface area contributed by atoms with Gasteiger partial charge in [-0.15, -0.1) is 0 Å². The van der Waals surface area contributed by atoms with Gasteiger partial charge in [-0.25, -0.2) is 4.99 Å². The van der Waals surface area contributed by atoms with Gasteiger partial charge in [0.05, 0.1) is 16.3 Å². The number of aryl methyl sites for hydroxylation is 2. The van der Waals surface area contributed by atoms with Crippen molar-refractivity contribution >= 4 is 40.3 Å². The molecule has 3 aromatic rings. The van der Waals surface area contributed by atoms with Gasteiger partial charge in [0.1, 0.15) is 12.4 Å². The Morgan fingerprint density at radius 3 is 2.34 bits per heavy atom. The van der Waals surface area contributed by atoms with Crippen molar-refractivity contribution in [3.63, 3.8) is 0 Å². The molecular formula is C27H24N2O2S. The van der Waals surface area contributed by atoms with Gasteiger partial charge in [-0.1, -0.05) is 61.2 Å². The number of thioether (sulfide) groups is 1. The number of ether oxygens (including phenoxy) is 1. The Labute approximate surface area is 192 Å². The van der Waals surface area contributed by atoms with Crippen LogP contribution in [0.2, 0.25) is 0 Å². The molecule has 0 unspecified atom stereocenters. The molecule has 1 heterocycles. The lowest BCUT2D eigenvalue weighted by Crippen LogP contribution is -2.29. The summed E-state index contributed by atoms with van der Waals surface area (Å²) in [5, 5.41) is 0.649. The highest BCUT2D eigenvalue weighted by Gasteiger charge is 2.35. The molecule has 1 fully saturated rings. The van der Waals surface area contributed by atoms with Gasteiger partial charge in [0, 0.05) is 0 Å². The molecule has 160 valence electrons. The second-order valence-electron chi connectivity index (χ2n) is 7.39. The van der Waals surface area contributed by atoms with E-state index in [0.717, 1.165) is 33.8 Å². The van der Waals surface area contributed by atoms with Gasteiger partial charge in [0.2, 0.25) is 0 Å². The summed E-state index contributed by atoms with van der Waals surface area (Å²) in [5.74, 6) is 0.685. The molecule has 0 aliphatic carbocycles. The largest absolute Gasteiger partial charge is 0.490 e. The average molecular weight is 441 g/mol. The van der Waals surface area contributed by atoms with Crippen LogP contribution < -0.4 is 9.64 Å². The van der Waals surface area contributed by atoms with Crippen LogP contribution in [-0.4, -0.2) is 17.7 Å². The number of hydrogen-bond acceptors (Lipinski definition) is 4. The molecule has 0 saturated carbocycles. The number of amidine groups is 1. The fourth-order valence-electron chi connectivity index (χ4n) is 3.33. The summed E-state index contributed by atoms with van der Waals surface area (Å²) in [7, 11) is 0. The quantitative estimate of drug-likeness (QED) is 0.317. The molecule has 1 amide bonds. The van der Waals surface area contributed by atoms with Crippen LogP contribution in [0.3, 0.4) is 0 Å². The van der Waals surface area contributed by atoms with Crippen molar-refractivity contribution in [2.75, 3.05) is 11.5 Å². The SMILES string of the molecule is C=CCOc1ccc(C=C2SC(=Nc3ccccc3C)N(c3ccccc3C)C2=O)cc1. The lowest BCUT2D eigenvalue weighted by Gasteiger charge is -2.18. The van der Waals surface area contributed by atoms with E-state index in [1.54, 1.807) is 11.0 Å². The van der Waals surface area contributed by atoms with Crippen LogP contribution in [0.4, 0.5) is 11.4 Å². The molecule has 0 bridgehead atoms. The molecule has 4 rings (SSSR count). The minimum atomic E-state index is -0.0800. The molecule has 0 atom stereocenters. The van der Waals surface area contributed by atoms with E-state index in [4.69, 9.17) is 9.73 Å². The Morgan fingerprint density at radius 2 is 1.66 bits per heavy atom. The van der Waals surface area contributed by atoms with Crippen LogP contribution in [0.5, 0.6) is 5.75 Å². The molecule has 0 N–H and O–H groups in total. The summed E-state index contributed by atoms with van der Waals surface area (Å²) in [5.41, 5.74) is 4.70. The van der Waals surface area contributed by atoms with E-state index < -0.39 is 0 Å². The number of anilines is 1. The summed E-state index contributed by atoms with van der Waals surface area (Å²) in [6, 6.07) is 23.5. The number of aliphatic imine (C=N–C) groups is 1. The molecule has 0 spiro atoms.